The van der Waals surface area contributed by atoms with Crippen molar-refractivity contribution in [3.8, 4) is 10.4 Å². The minimum Gasteiger partial charge on any atom is -0.508 e. The summed E-state index contributed by atoms with van der Waals surface area (Å²) in [5.41, 5.74) is 2.40. The van der Waals surface area contributed by atoms with E-state index in [4.69, 9.17) is 0 Å². The van der Waals surface area contributed by atoms with Crippen LogP contribution < -0.4 is 4.90 Å². The molecule has 3 nitrogen and oxygen atoms in total. The van der Waals surface area contributed by atoms with Crippen LogP contribution >= 0.6 is 11.3 Å². The molecule has 0 amide bonds. The Balaban J connectivity index is 1.98. The second-order valence-corrected chi connectivity index (χ2v) is 8.09. The Bertz CT molecular complexity index is 1050. The third-order valence-corrected chi connectivity index (χ3v) is 5.58. The molecule has 0 radical (unpaired) electrons. The highest BCUT2D eigenvalue weighted by Crippen LogP contribution is 2.38. The number of benzene rings is 2. The lowest BCUT2D eigenvalue weighted by atomic mass is 10.0. The van der Waals surface area contributed by atoms with Crippen LogP contribution in [0.5, 0.6) is 0 Å². The highest BCUT2D eigenvalue weighted by atomic mass is 32.1. The van der Waals surface area contributed by atoms with E-state index in [1.54, 1.807) is 12.1 Å². The summed E-state index contributed by atoms with van der Waals surface area (Å²) in [7, 11) is 3.76. The Morgan fingerprint density at radius 2 is 1.90 bits per heavy atom. The maximum absolute atomic E-state index is 13.0. The Morgan fingerprint density at radius 3 is 2.48 bits per heavy atom. The smallest absolute Gasteiger partial charge is 0.416 e. The molecule has 3 aromatic rings. The highest BCUT2D eigenvalue weighted by Gasteiger charge is 2.30. The number of aromatic nitrogens is 1. The van der Waals surface area contributed by atoms with Gasteiger partial charge in [-0.05, 0) is 35.7 Å². The lowest BCUT2D eigenvalue weighted by Crippen LogP contribution is -2.10. The van der Waals surface area contributed by atoms with Crippen LogP contribution in [0.1, 0.15) is 27.3 Å². The number of anilines is 1. The Kier molecular flexibility index (Phi) is 5.71. The van der Waals surface area contributed by atoms with Crippen molar-refractivity contribution in [2.45, 2.75) is 19.5 Å². The van der Waals surface area contributed by atoms with Crippen LogP contribution in [0.4, 0.5) is 19.0 Å². The van der Waals surface area contributed by atoms with Gasteiger partial charge in [-0.2, -0.15) is 13.2 Å². The minimum absolute atomic E-state index is 0.0106. The Labute approximate surface area is 171 Å². The molecular weight excluding hydrogens is 397 g/mol. The summed E-state index contributed by atoms with van der Waals surface area (Å²) in [5, 5.41) is 10.4. The molecule has 7 heteroatoms. The van der Waals surface area contributed by atoms with E-state index in [0.29, 0.717) is 17.5 Å². The summed E-state index contributed by atoms with van der Waals surface area (Å²) in [4.78, 5) is 7.47. The van der Waals surface area contributed by atoms with Crippen LogP contribution in [0.15, 0.2) is 49.0 Å². The quantitative estimate of drug-likeness (QED) is 0.493. The zero-order valence-electron chi connectivity index (χ0n) is 16.3. The number of hydrogen-bond acceptors (Lipinski definition) is 4. The molecule has 1 heterocycles. The molecule has 1 aromatic heterocycles. The maximum atomic E-state index is 13.0. The van der Waals surface area contributed by atoms with E-state index in [9.17, 15) is 18.3 Å². The molecule has 29 heavy (non-hydrogen) atoms. The monoisotopic (exact) mass is 418 g/mol. The van der Waals surface area contributed by atoms with E-state index < -0.39 is 11.7 Å². The van der Waals surface area contributed by atoms with Gasteiger partial charge in [0.15, 0.2) is 0 Å². The van der Waals surface area contributed by atoms with Crippen LogP contribution in [0.25, 0.3) is 16.2 Å². The van der Waals surface area contributed by atoms with E-state index in [-0.39, 0.29) is 5.76 Å². The first-order valence-electron chi connectivity index (χ1n) is 8.88. The van der Waals surface area contributed by atoms with Crippen molar-refractivity contribution in [2.24, 2.45) is 0 Å². The number of thiazole rings is 1. The predicted molar refractivity (Wildman–Crippen MR) is 113 cm³/mol. The molecule has 0 aliphatic carbocycles. The van der Waals surface area contributed by atoms with Gasteiger partial charge in [0.2, 0.25) is 0 Å². The van der Waals surface area contributed by atoms with Crippen molar-refractivity contribution in [2.75, 3.05) is 19.0 Å². The third-order valence-electron chi connectivity index (χ3n) is 4.49. The van der Waals surface area contributed by atoms with E-state index in [1.807, 2.05) is 38.1 Å². The number of aliphatic hydroxyl groups is 1. The molecule has 0 saturated carbocycles. The summed E-state index contributed by atoms with van der Waals surface area (Å²) in [6, 6.07) is 11.0. The lowest BCUT2D eigenvalue weighted by Gasteiger charge is -2.12. The molecule has 0 aliphatic heterocycles. The van der Waals surface area contributed by atoms with Crippen molar-refractivity contribution in [1.82, 2.24) is 4.98 Å². The molecular formula is C22H21F3N2OS. The summed E-state index contributed by atoms with van der Waals surface area (Å²) in [6.45, 7) is 5.46. The summed E-state index contributed by atoms with van der Waals surface area (Å²) in [5.74, 6) is 0.767. The molecule has 1 N–H and O–H groups in total. The topological polar surface area (TPSA) is 36.4 Å². The molecule has 2 aromatic carbocycles. The zero-order valence-corrected chi connectivity index (χ0v) is 17.2. The summed E-state index contributed by atoms with van der Waals surface area (Å²) >= 11 is 1.45. The van der Waals surface area contributed by atoms with Crippen LogP contribution in [-0.4, -0.2) is 24.2 Å². The van der Waals surface area contributed by atoms with Crippen LogP contribution in [0, 0.1) is 6.92 Å². The Hall–Kier alpha value is -2.80. The van der Waals surface area contributed by atoms with E-state index in [1.165, 1.54) is 23.5 Å². The standard InChI is InChI=1S/C22H21F3N2OS/c1-13-10-16(8-9-18(13)14(2)28)20-21(27(3)4)26-19(29-20)12-15-6-5-7-17(11-15)22(23,24)25/h5-11,28H,2,12H2,1,3-4H3. The number of aliphatic hydroxyl groups excluding tert-OH is 1. The van der Waals surface area contributed by atoms with E-state index >= 15 is 0 Å². The molecule has 0 unspecified atom stereocenters. The second kappa shape index (κ2) is 7.91. The molecule has 0 bridgehead atoms. The first kappa shape index (κ1) is 20.9. The van der Waals surface area contributed by atoms with E-state index in [0.717, 1.165) is 32.9 Å². The maximum Gasteiger partial charge on any atom is 0.416 e. The molecule has 0 aliphatic rings. The van der Waals surface area contributed by atoms with Crippen LogP contribution in [0.2, 0.25) is 0 Å². The minimum atomic E-state index is -4.37. The number of halogens is 3. The Morgan fingerprint density at radius 1 is 1.17 bits per heavy atom. The van der Waals surface area contributed by atoms with Crippen molar-refractivity contribution < 1.29 is 18.3 Å². The lowest BCUT2D eigenvalue weighted by molar-refractivity contribution is -0.137. The van der Waals surface area contributed by atoms with Crippen molar-refractivity contribution in [3.05, 3.63) is 76.3 Å². The fourth-order valence-corrected chi connectivity index (χ4v) is 4.25. The third kappa shape index (κ3) is 4.62. The van der Waals surface area contributed by atoms with Crippen molar-refractivity contribution in [1.29, 1.82) is 0 Å². The first-order valence-corrected chi connectivity index (χ1v) is 9.70. The van der Waals surface area contributed by atoms with Crippen molar-refractivity contribution >= 4 is 22.9 Å². The average molecular weight is 418 g/mol. The fraction of sp³-hybridized carbons (Fsp3) is 0.227. The number of hydrogen-bond donors (Lipinski definition) is 1. The molecule has 0 saturated heterocycles. The van der Waals surface area contributed by atoms with Gasteiger partial charge in [-0.1, -0.05) is 36.9 Å². The van der Waals surface area contributed by atoms with Gasteiger partial charge >= 0.3 is 6.18 Å². The number of alkyl halides is 3. The zero-order chi connectivity index (χ0) is 21.3. The molecule has 0 atom stereocenters. The molecule has 0 fully saturated rings. The number of aryl methyl sites for hydroxylation is 1. The molecule has 0 spiro atoms. The van der Waals surface area contributed by atoms with Crippen LogP contribution in [-0.2, 0) is 12.6 Å². The van der Waals surface area contributed by atoms with Gasteiger partial charge in [0.05, 0.1) is 10.4 Å². The second-order valence-electron chi connectivity index (χ2n) is 7.01. The average Bonchev–Trinajstić information content (AvgIpc) is 3.05. The van der Waals surface area contributed by atoms with Crippen LogP contribution in [0.3, 0.4) is 0 Å². The van der Waals surface area contributed by atoms with Gasteiger partial charge in [0.25, 0.3) is 0 Å². The van der Waals surface area contributed by atoms with Gasteiger partial charge in [-0.15, -0.1) is 11.3 Å². The number of rotatable bonds is 5. The highest BCUT2D eigenvalue weighted by molar-refractivity contribution is 7.15. The van der Waals surface area contributed by atoms with Gasteiger partial charge in [-0.25, -0.2) is 4.98 Å². The first-order chi connectivity index (χ1) is 13.6. The predicted octanol–water partition coefficient (Wildman–Crippen LogP) is 6.32. The summed E-state index contributed by atoms with van der Waals surface area (Å²) in [6.07, 6.45) is -4.05. The largest absolute Gasteiger partial charge is 0.508 e. The van der Waals surface area contributed by atoms with Gasteiger partial charge in [0.1, 0.15) is 16.6 Å². The normalized spacial score (nSPS) is 11.5. The van der Waals surface area contributed by atoms with Gasteiger partial charge < -0.3 is 10.0 Å². The fourth-order valence-electron chi connectivity index (χ4n) is 3.08. The number of nitrogens with zero attached hydrogens (tertiary/aromatic N) is 2. The van der Waals surface area contributed by atoms with Crippen molar-refractivity contribution in [3.63, 3.8) is 0 Å². The van der Waals surface area contributed by atoms with E-state index in [2.05, 4.69) is 11.6 Å². The van der Waals surface area contributed by atoms with Gasteiger partial charge in [0, 0.05) is 26.1 Å². The molecule has 3 rings (SSSR count). The molecule has 152 valence electrons. The summed E-state index contributed by atoms with van der Waals surface area (Å²) < 4.78 is 39.0. The van der Waals surface area contributed by atoms with Gasteiger partial charge in [-0.3, -0.25) is 0 Å². The SMILES string of the molecule is C=C(O)c1ccc(-c2sc(Cc3cccc(C(F)(F)F)c3)nc2N(C)C)cc1C.